The van der Waals surface area contributed by atoms with Crippen LogP contribution in [-0.2, 0) is 19.6 Å². The predicted molar refractivity (Wildman–Crippen MR) is 77.0 cm³/mol. The molecule has 0 atom stereocenters. The molecule has 0 aliphatic heterocycles. The van der Waals surface area contributed by atoms with E-state index < -0.39 is 21.8 Å². The molecule has 1 rings (SSSR count). The molecule has 0 aliphatic rings. The third kappa shape index (κ3) is 6.37. The van der Waals surface area contributed by atoms with Gasteiger partial charge in [-0.05, 0) is 30.7 Å². The van der Waals surface area contributed by atoms with Crippen LogP contribution in [0.25, 0.3) is 6.08 Å². The van der Waals surface area contributed by atoms with Gasteiger partial charge in [-0.15, -0.1) is 0 Å². The molecule has 0 aromatic heterocycles. The molecular formula is C13H16FNO5S. The molecule has 0 saturated heterocycles. The summed E-state index contributed by atoms with van der Waals surface area (Å²) in [5, 5.41) is 8.51. The topological polar surface area (TPSA) is 92.7 Å². The summed E-state index contributed by atoms with van der Waals surface area (Å²) in [5.41, 5.74) is 0.147. The third-order valence-corrected chi connectivity index (χ3v) is 3.81. The van der Waals surface area contributed by atoms with Crippen LogP contribution in [0.15, 0.2) is 24.3 Å². The van der Waals surface area contributed by atoms with Crippen LogP contribution in [0.1, 0.15) is 12.0 Å². The highest BCUT2D eigenvalue weighted by Gasteiger charge is 2.11. The molecule has 0 spiro atoms. The first kappa shape index (κ1) is 17.1. The van der Waals surface area contributed by atoms with E-state index in [4.69, 9.17) is 9.84 Å². The van der Waals surface area contributed by atoms with Gasteiger partial charge in [-0.25, -0.2) is 17.6 Å². The van der Waals surface area contributed by atoms with Crippen LogP contribution < -0.4 is 4.72 Å². The number of carboxylic acid groups (broad SMARTS) is 1. The summed E-state index contributed by atoms with van der Waals surface area (Å²) in [6, 6.07) is 3.55. The van der Waals surface area contributed by atoms with Crippen LogP contribution >= 0.6 is 0 Å². The van der Waals surface area contributed by atoms with Crippen molar-refractivity contribution in [3.63, 3.8) is 0 Å². The Kier molecular flexibility index (Phi) is 6.32. The molecule has 0 amide bonds. The maximum Gasteiger partial charge on any atom is 0.328 e. The molecule has 21 heavy (non-hydrogen) atoms. The van der Waals surface area contributed by atoms with E-state index in [9.17, 15) is 17.6 Å². The number of nitrogens with one attached hydrogen (secondary N) is 1. The number of hydrogen-bond donors (Lipinski definition) is 2. The Balaban J connectivity index is 2.85. The summed E-state index contributed by atoms with van der Waals surface area (Å²) < 4.78 is 44.1. The highest BCUT2D eigenvalue weighted by atomic mass is 32.2. The van der Waals surface area contributed by atoms with E-state index in [0.717, 1.165) is 18.2 Å². The number of aliphatic carboxylic acids is 1. The lowest BCUT2D eigenvalue weighted by atomic mass is 10.2. The first-order chi connectivity index (χ1) is 9.84. The largest absolute Gasteiger partial charge is 0.478 e. The Morgan fingerprint density at radius 3 is 2.81 bits per heavy atom. The van der Waals surface area contributed by atoms with Crippen molar-refractivity contribution in [2.75, 3.05) is 24.2 Å². The van der Waals surface area contributed by atoms with Crippen LogP contribution in [0, 0.1) is 5.82 Å². The minimum absolute atomic E-state index is 0.0190. The van der Waals surface area contributed by atoms with Crippen LogP contribution in [0.3, 0.4) is 0 Å². The molecule has 6 nitrogen and oxygen atoms in total. The van der Waals surface area contributed by atoms with E-state index in [1.54, 1.807) is 0 Å². The number of hydrogen-bond acceptors (Lipinski definition) is 4. The first-order valence-electron chi connectivity index (χ1n) is 6.04. The van der Waals surface area contributed by atoms with Gasteiger partial charge in [-0.1, -0.05) is 0 Å². The van der Waals surface area contributed by atoms with Gasteiger partial charge in [0.1, 0.15) is 5.82 Å². The van der Waals surface area contributed by atoms with Crippen molar-refractivity contribution < 1.29 is 27.4 Å². The summed E-state index contributed by atoms with van der Waals surface area (Å²) in [6.07, 6.45) is 2.16. The van der Waals surface area contributed by atoms with E-state index >= 15 is 0 Å². The highest BCUT2D eigenvalue weighted by Crippen LogP contribution is 2.17. The zero-order chi connectivity index (χ0) is 15.9. The van der Waals surface area contributed by atoms with Crippen molar-refractivity contribution in [2.45, 2.75) is 6.42 Å². The summed E-state index contributed by atoms with van der Waals surface area (Å²) in [4.78, 5) is 10.4. The van der Waals surface area contributed by atoms with Crippen LogP contribution in [-0.4, -0.2) is 39.0 Å². The molecule has 1 aromatic carbocycles. The standard InChI is InChI=1S/C13H16FNO5S/c1-20-7-2-8-21(18,19)15-11-4-5-12(14)10(9-11)3-6-13(16)17/h3-6,9,15H,2,7-8H2,1H3,(H,16,17)/b6-3+. The highest BCUT2D eigenvalue weighted by molar-refractivity contribution is 7.92. The van der Waals surface area contributed by atoms with Crippen LogP contribution in [0.4, 0.5) is 10.1 Å². The van der Waals surface area contributed by atoms with E-state index in [-0.39, 0.29) is 17.0 Å². The monoisotopic (exact) mass is 317 g/mol. The number of methoxy groups -OCH3 is 1. The lowest BCUT2D eigenvalue weighted by molar-refractivity contribution is -0.131. The molecule has 116 valence electrons. The van der Waals surface area contributed by atoms with Gasteiger partial charge in [0.25, 0.3) is 0 Å². The molecule has 0 bridgehead atoms. The zero-order valence-electron chi connectivity index (χ0n) is 11.4. The second-order valence-electron chi connectivity index (χ2n) is 4.18. The second kappa shape index (κ2) is 7.75. The number of benzene rings is 1. The minimum Gasteiger partial charge on any atom is -0.478 e. The molecule has 0 fully saturated rings. The molecule has 0 heterocycles. The maximum atomic E-state index is 13.5. The summed E-state index contributed by atoms with van der Waals surface area (Å²) >= 11 is 0. The second-order valence-corrected chi connectivity index (χ2v) is 6.02. The smallest absolute Gasteiger partial charge is 0.328 e. The van der Waals surface area contributed by atoms with Crippen molar-refractivity contribution in [1.82, 2.24) is 0 Å². The Morgan fingerprint density at radius 2 is 2.19 bits per heavy atom. The van der Waals surface area contributed by atoms with Gasteiger partial charge in [-0.3, -0.25) is 4.72 Å². The number of carboxylic acids is 1. The molecule has 0 saturated carbocycles. The van der Waals surface area contributed by atoms with Gasteiger partial charge in [-0.2, -0.15) is 0 Å². The fourth-order valence-corrected chi connectivity index (χ4v) is 2.61. The van der Waals surface area contributed by atoms with Gasteiger partial charge in [0.05, 0.1) is 5.75 Å². The van der Waals surface area contributed by atoms with Crippen molar-refractivity contribution in [2.24, 2.45) is 0 Å². The fourth-order valence-electron chi connectivity index (χ4n) is 1.52. The average Bonchev–Trinajstić information content (AvgIpc) is 2.39. The molecule has 1 aromatic rings. The molecule has 0 radical (unpaired) electrons. The van der Waals surface area contributed by atoms with Crippen LogP contribution in [0.2, 0.25) is 0 Å². The predicted octanol–water partition coefficient (Wildman–Crippen LogP) is 1.70. The summed E-state index contributed by atoms with van der Waals surface area (Å²) in [6.45, 7) is 0.316. The van der Waals surface area contributed by atoms with Crippen molar-refractivity contribution in [3.8, 4) is 0 Å². The SMILES string of the molecule is COCCCS(=O)(=O)Nc1ccc(F)c(/C=C/C(=O)O)c1. The van der Waals surface area contributed by atoms with E-state index in [2.05, 4.69) is 4.72 Å². The van der Waals surface area contributed by atoms with Crippen molar-refractivity contribution in [1.29, 1.82) is 0 Å². The summed E-state index contributed by atoms with van der Waals surface area (Å²) in [7, 11) is -2.09. The van der Waals surface area contributed by atoms with Gasteiger partial charge in [0.2, 0.25) is 10.0 Å². The number of sulfonamides is 1. The van der Waals surface area contributed by atoms with Gasteiger partial charge in [0.15, 0.2) is 0 Å². The quantitative estimate of drug-likeness (QED) is 0.562. The Hall–Kier alpha value is -1.93. The van der Waals surface area contributed by atoms with Crippen molar-refractivity contribution in [3.05, 3.63) is 35.7 Å². The average molecular weight is 317 g/mol. The Labute approximate surface area is 122 Å². The molecule has 8 heteroatoms. The van der Waals surface area contributed by atoms with Gasteiger partial charge in [0, 0.05) is 31.0 Å². The van der Waals surface area contributed by atoms with E-state index in [0.29, 0.717) is 13.0 Å². The lowest BCUT2D eigenvalue weighted by Gasteiger charge is -2.09. The van der Waals surface area contributed by atoms with Gasteiger partial charge >= 0.3 is 5.97 Å². The Morgan fingerprint density at radius 1 is 1.48 bits per heavy atom. The lowest BCUT2D eigenvalue weighted by Crippen LogP contribution is -2.17. The van der Waals surface area contributed by atoms with E-state index in [1.165, 1.54) is 19.2 Å². The number of rotatable bonds is 8. The third-order valence-electron chi connectivity index (χ3n) is 2.44. The van der Waals surface area contributed by atoms with Gasteiger partial charge < -0.3 is 9.84 Å². The zero-order valence-corrected chi connectivity index (χ0v) is 12.2. The van der Waals surface area contributed by atoms with Crippen LogP contribution in [0.5, 0.6) is 0 Å². The fraction of sp³-hybridized carbons (Fsp3) is 0.308. The number of halogens is 1. The molecule has 0 unspecified atom stereocenters. The number of ether oxygens (including phenoxy) is 1. The summed E-state index contributed by atoms with van der Waals surface area (Å²) in [5.74, 6) is -1.99. The maximum absolute atomic E-state index is 13.5. The number of carbonyl (C=O) groups is 1. The first-order valence-corrected chi connectivity index (χ1v) is 7.69. The number of anilines is 1. The van der Waals surface area contributed by atoms with E-state index in [1.807, 2.05) is 0 Å². The molecule has 2 N–H and O–H groups in total. The Bertz CT molecular complexity index is 627. The normalized spacial score (nSPS) is 11.7. The van der Waals surface area contributed by atoms with Crippen molar-refractivity contribution >= 4 is 27.8 Å². The minimum atomic E-state index is -3.56. The molecule has 0 aliphatic carbocycles. The molecular weight excluding hydrogens is 301 g/mol.